The summed E-state index contributed by atoms with van der Waals surface area (Å²) in [5.74, 6) is 0.316. The van der Waals surface area contributed by atoms with Gasteiger partial charge in [-0.05, 0) is 62.6 Å². The van der Waals surface area contributed by atoms with Crippen molar-refractivity contribution in [1.29, 1.82) is 0 Å². The number of carbonyl (C=O) groups excluding carboxylic acids is 1. The van der Waals surface area contributed by atoms with Crippen LogP contribution in [-0.4, -0.2) is 36.2 Å². The smallest absolute Gasteiger partial charge is 0.247 e. The van der Waals surface area contributed by atoms with E-state index in [1.54, 1.807) is 47.6 Å². The number of thiazole rings is 1. The number of furan rings is 1. The molecule has 0 aliphatic carbocycles. The van der Waals surface area contributed by atoms with Crippen LogP contribution < -0.4 is 4.90 Å². The minimum Gasteiger partial charge on any atom is -0.467 e. The predicted molar refractivity (Wildman–Crippen MR) is 132 cm³/mol. The van der Waals surface area contributed by atoms with Gasteiger partial charge >= 0.3 is 0 Å². The van der Waals surface area contributed by atoms with Gasteiger partial charge in [0.05, 0.1) is 27.9 Å². The van der Waals surface area contributed by atoms with Gasteiger partial charge in [0.2, 0.25) is 15.9 Å². The number of hydrogen-bond acceptors (Lipinski definition) is 6. The maximum atomic E-state index is 13.9. The number of sulfonamides is 1. The highest BCUT2D eigenvalue weighted by Crippen LogP contribution is 2.34. The minimum absolute atomic E-state index is 0.180. The molecule has 2 aromatic heterocycles. The summed E-state index contributed by atoms with van der Waals surface area (Å²) in [6, 6.07) is 15.4. The van der Waals surface area contributed by atoms with Gasteiger partial charge in [-0.15, -0.1) is 0 Å². The van der Waals surface area contributed by atoms with E-state index in [1.807, 2.05) is 32.0 Å². The van der Waals surface area contributed by atoms with Crippen LogP contribution in [0.5, 0.6) is 0 Å². The molecule has 1 unspecified atom stereocenters. The van der Waals surface area contributed by atoms with Crippen molar-refractivity contribution in [3.8, 4) is 0 Å². The second-order valence-corrected chi connectivity index (χ2v) is 11.4. The molecule has 0 saturated carbocycles. The molecule has 1 aliphatic rings. The van der Waals surface area contributed by atoms with E-state index < -0.39 is 16.1 Å². The Hall–Kier alpha value is -3.01. The minimum atomic E-state index is -3.81. The zero-order valence-corrected chi connectivity index (χ0v) is 20.6. The summed E-state index contributed by atoms with van der Waals surface area (Å²) in [6.07, 6.45) is 2.64. The van der Waals surface area contributed by atoms with Gasteiger partial charge in [-0.25, -0.2) is 13.4 Å². The fourth-order valence-corrected chi connectivity index (χ4v) is 6.99. The topological polar surface area (TPSA) is 83.7 Å². The Bertz CT molecular complexity index is 1430. The fourth-order valence-electron chi connectivity index (χ4n) is 4.29. The van der Waals surface area contributed by atoms with Crippen molar-refractivity contribution in [2.45, 2.75) is 44.2 Å². The maximum absolute atomic E-state index is 13.9. The highest BCUT2D eigenvalue weighted by atomic mass is 32.2. The Kier molecular flexibility index (Phi) is 6.01. The van der Waals surface area contributed by atoms with E-state index >= 15 is 0 Å². The van der Waals surface area contributed by atoms with Crippen LogP contribution >= 0.6 is 11.3 Å². The first-order valence-corrected chi connectivity index (χ1v) is 13.4. The van der Waals surface area contributed by atoms with E-state index in [9.17, 15) is 13.2 Å². The summed E-state index contributed by atoms with van der Waals surface area (Å²) in [7, 11) is -3.81. The number of aromatic nitrogens is 1. The summed E-state index contributed by atoms with van der Waals surface area (Å²) >= 11 is 1.42. The lowest BCUT2D eigenvalue weighted by molar-refractivity contribution is -0.121. The summed E-state index contributed by atoms with van der Waals surface area (Å²) in [5, 5.41) is 0.533. The number of fused-ring (bicyclic) bond motifs is 1. The molecule has 0 radical (unpaired) electrons. The van der Waals surface area contributed by atoms with Crippen molar-refractivity contribution in [2.24, 2.45) is 0 Å². The fraction of sp³-hybridized carbons (Fsp3) is 0.280. The Morgan fingerprint density at radius 2 is 1.94 bits per heavy atom. The molecule has 0 spiro atoms. The van der Waals surface area contributed by atoms with Crippen molar-refractivity contribution in [3.05, 3.63) is 77.7 Å². The molecule has 1 amide bonds. The Labute approximate surface area is 202 Å². The van der Waals surface area contributed by atoms with E-state index in [0.29, 0.717) is 30.3 Å². The molecular weight excluding hydrogens is 470 g/mol. The van der Waals surface area contributed by atoms with Gasteiger partial charge in [-0.2, -0.15) is 4.31 Å². The summed E-state index contributed by atoms with van der Waals surface area (Å²) in [5.41, 5.74) is 2.84. The zero-order chi connectivity index (χ0) is 23.9. The standard InChI is InChI=1S/C25H25N3O4S2/c1-17-10-12-20(13-11-17)34(30,31)28-14-4-8-21(28)24(29)27(16-19-7-5-15-32-19)25-26-23-18(2)6-3-9-22(23)33-25/h3,5-7,9-13,15,21H,4,8,14,16H2,1-2H3. The van der Waals surface area contributed by atoms with E-state index in [1.165, 1.54) is 15.6 Å². The molecule has 0 bridgehead atoms. The first-order chi connectivity index (χ1) is 16.3. The van der Waals surface area contributed by atoms with Crippen molar-refractivity contribution >= 4 is 42.6 Å². The van der Waals surface area contributed by atoms with Crippen LogP contribution in [0.25, 0.3) is 10.2 Å². The van der Waals surface area contributed by atoms with Gasteiger partial charge in [-0.1, -0.05) is 41.2 Å². The van der Waals surface area contributed by atoms with Crippen LogP contribution in [0, 0.1) is 13.8 Å². The molecule has 1 fully saturated rings. The first kappa shape index (κ1) is 22.8. The second kappa shape index (κ2) is 8.98. The average Bonchev–Trinajstić information content (AvgIpc) is 3.58. The largest absolute Gasteiger partial charge is 0.467 e. The van der Waals surface area contributed by atoms with Crippen molar-refractivity contribution in [3.63, 3.8) is 0 Å². The number of benzene rings is 2. The normalized spacial score (nSPS) is 16.8. The SMILES string of the molecule is Cc1ccc(S(=O)(=O)N2CCCC2C(=O)N(Cc2ccco2)c2nc3c(C)cccc3s2)cc1. The molecule has 4 aromatic rings. The van der Waals surface area contributed by atoms with Crippen LogP contribution in [0.3, 0.4) is 0 Å². The molecule has 1 saturated heterocycles. The lowest BCUT2D eigenvalue weighted by Crippen LogP contribution is -2.47. The molecular formula is C25H25N3O4S2. The number of carbonyl (C=O) groups is 1. The molecule has 34 heavy (non-hydrogen) atoms. The Morgan fingerprint density at radius 3 is 2.65 bits per heavy atom. The van der Waals surface area contributed by atoms with Gasteiger partial charge in [0, 0.05) is 6.54 Å². The molecule has 2 aromatic carbocycles. The summed E-state index contributed by atoms with van der Waals surface area (Å²) in [6.45, 7) is 4.38. The summed E-state index contributed by atoms with van der Waals surface area (Å²) < 4.78 is 34.7. The zero-order valence-electron chi connectivity index (χ0n) is 19.0. The molecule has 1 aliphatic heterocycles. The van der Waals surface area contributed by atoms with Crippen molar-refractivity contribution < 1.29 is 17.6 Å². The van der Waals surface area contributed by atoms with Gasteiger partial charge in [0.15, 0.2) is 5.13 Å². The Balaban J connectivity index is 1.52. The first-order valence-electron chi connectivity index (χ1n) is 11.1. The number of nitrogens with zero attached hydrogens (tertiary/aromatic N) is 3. The molecule has 5 rings (SSSR count). The molecule has 9 heteroatoms. The number of para-hydroxylation sites is 1. The molecule has 1 atom stereocenters. The van der Waals surface area contributed by atoms with E-state index in [0.717, 1.165) is 21.3 Å². The van der Waals surface area contributed by atoms with Gasteiger partial charge in [0.1, 0.15) is 11.8 Å². The van der Waals surface area contributed by atoms with Gasteiger partial charge < -0.3 is 4.42 Å². The quantitative estimate of drug-likeness (QED) is 0.380. The maximum Gasteiger partial charge on any atom is 0.247 e. The van der Waals surface area contributed by atoms with E-state index in [2.05, 4.69) is 0 Å². The molecule has 7 nitrogen and oxygen atoms in total. The predicted octanol–water partition coefficient (Wildman–Crippen LogP) is 4.89. The second-order valence-electron chi connectivity index (χ2n) is 8.51. The Morgan fingerprint density at radius 1 is 1.15 bits per heavy atom. The average molecular weight is 496 g/mol. The third-order valence-electron chi connectivity index (χ3n) is 6.12. The van der Waals surface area contributed by atoms with Crippen LogP contribution in [0.1, 0.15) is 29.7 Å². The van der Waals surface area contributed by atoms with Crippen molar-refractivity contribution in [2.75, 3.05) is 11.4 Å². The van der Waals surface area contributed by atoms with Crippen LogP contribution in [0.15, 0.2) is 70.2 Å². The number of anilines is 1. The number of amides is 1. The monoisotopic (exact) mass is 495 g/mol. The van der Waals surface area contributed by atoms with Gasteiger partial charge in [-0.3, -0.25) is 9.69 Å². The molecule has 176 valence electrons. The highest BCUT2D eigenvalue weighted by molar-refractivity contribution is 7.89. The van der Waals surface area contributed by atoms with E-state index in [4.69, 9.17) is 9.40 Å². The van der Waals surface area contributed by atoms with Crippen LogP contribution in [0.2, 0.25) is 0 Å². The number of hydrogen-bond donors (Lipinski definition) is 0. The van der Waals surface area contributed by atoms with E-state index in [-0.39, 0.29) is 17.3 Å². The van der Waals surface area contributed by atoms with Crippen LogP contribution in [-0.2, 0) is 21.4 Å². The van der Waals surface area contributed by atoms with Crippen molar-refractivity contribution in [1.82, 2.24) is 9.29 Å². The third kappa shape index (κ3) is 4.15. The number of rotatable bonds is 6. The van der Waals surface area contributed by atoms with Crippen LogP contribution in [0.4, 0.5) is 5.13 Å². The molecule has 0 N–H and O–H groups in total. The molecule has 3 heterocycles. The van der Waals surface area contributed by atoms with Gasteiger partial charge in [0.25, 0.3) is 0 Å². The number of aryl methyl sites for hydroxylation is 2. The highest BCUT2D eigenvalue weighted by Gasteiger charge is 2.42. The lowest BCUT2D eigenvalue weighted by Gasteiger charge is -2.28. The summed E-state index contributed by atoms with van der Waals surface area (Å²) in [4.78, 5) is 20.4. The third-order valence-corrected chi connectivity index (χ3v) is 9.08. The lowest BCUT2D eigenvalue weighted by atomic mass is 10.2.